The molecule has 1 aliphatic heterocycles. The quantitative estimate of drug-likeness (QED) is 0.298. The summed E-state index contributed by atoms with van der Waals surface area (Å²) in [6.07, 6.45) is 5.38. The summed E-state index contributed by atoms with van der Waals surface area (Å²) in [6, 6.07) is 0. The molecule has 0 aromatic carbocycles. The topological polar surface area (TPSA) is 71.0 Å². The van der Waals surface area contributed by atoms with Crippen LogP contribution in [-0.4, -0.2) is 71.2 Å². The molecule has 0 saturated carbocycles. The van der Waals surface area contributed by atoms with Crippen molar-refractivity contribution in [1.29, 1.82) is 0 Å². The van der Waals surface area contributed by atoms with Gasteiger partial charge >= 0.3 is 0 Å². The lowest BCUT2D eigenvalue weighted by Crippen LogP contribution is -2.40. The SMILES string of the molecule is CCNC(=NCC(C)(C)CCS(C)(=O)=O)N(C)CCC1CCOCC1.I. The first-order valence-electron chi connectivity index (χ1n) is 9.38. The summed E-state index contributed by atoms with van der Waals surface area (Å²) in [6.45, 7) is 10.4. The number of hydrogen-bond donors (Lipinski definition) is 1. The summed E-state index contributed by atoms with van der Waals surface area (Å²) in [5.74, 6) is 1.86. The van der Waals surface area contributed by atoms with Crippen molar-refractivity contribution in [3.8, 4) is 0 Å². The standard InChI is InChI=1S/C18H37N3O3S.HI/c1-6-19-17(20-15-18(2,3)10-14-25(5,22)23)21(4)11-7-16-8-12-24-13-9-16;/h16H,6-15H2,1-5H3,(H,19,20);1H. The zero-order chi connectivity index (χ0) is 18.9. The predicted molar refractivity (Wildman–Crippen MR) is 120 cm³/mol. The summed E-state index contributed by atoms with van der Waals surface area (Å²) in [5, 5.41) is 3.35. The van der Waals surface area contributed by atoms with E-state index in [1.54, 1.807) is 0 Å². The van der Waals surface area contributed by atoms with Crippen LogP contribution in [0.5, 0.6) is 0 Å². The first-order chi connectivity index (χ1) is 11.6. The molecule has 0 aromatic rings. The minimum atomic E-state index is -2.93. The molecule has 8 heteroatoms. The molecule has 0 aliphatic carbocycles. The van der Waals surface area contributed by atoms with Crippen molar-refractivity contribution in [2.75, 3.05) is 51.9 Å². The van der Waals surface area contributed by atoms with E-state index in [4.69, 9.17) is 9.73 Å². The number of hydrogen-bond acceptors (Lipinski definition) is 4. The lowest BCUT2D eigenvalue weighted by molar-refractivity contribution is 0.0625. The van der Waals surface area contributed by atoms with E-state index >= 15 is 0 Å². The van der Waals surface area contributed by atoms with Crippen LogP contribution in [0.25, 0.3) is 0 Å². The second kappa shape index (κ2) is 12.4. The van der Waals surface area contributed by atoms with Gasteiger partial charge in [0.1, 0.15) is 9.84 Å². The van der Waals surface area contributed by atoms with E-state index in [0.717, 1.165) is 57.4 Å². The zero-order valence-corrected chi connectivity index (χ0v) is 20.2. The molecule has 0 spiro atoms. The Balaban J connectivity index is 0.00000625. The molecule has 26 heavy (non-hydrogen) atoms. The third-order valence-corrected chi connectivity index (χ3v) is 5.66. The summed E-state index contributed by atoms with van der Waals surface area (Å²) in [7, 11) is -0.854. The predicted octanol–water partition coefficient (Wildman–Crippen LogP) is 2.78. The van der Waals surface area contributed by atoms with Crippen LogP contribution in [-0.2, 0) is 14.6 Å². The minimum absolute atomic E-state index is 0. The Morgan fingerprint density at radius 1 is 1.31 bits per heavy atom. The highest BCUT2D eigenvalue weighted by molar-refractivity contribution is 14.0. The van der Waals surface area contributed by atoms with Gasteiger partial charge in [-0.05, 0) is 43.9 Å². The Kier molecular flexibility index (Phi) is 12.3. The number of ether oxygens (including phenoxy) is 1. The van der Waals surface area contributed by atoms with Gasteiger partial charge in [0.15, 0.2) is 5.96 Å². The van der Waals surface area contributed by atoms with Crippen LogP contribution in [0.4, 0.5) is 0 Å². The molecule has 1 N–H and O–H groups in total. The molecule has 1 heterocycles. The van der Waals surface area contributed by atoms with E-state index in [-0.39, 0.29) is 35.1 Å². The number of rotatable bonds is 9. The van der Waals surface area contributed by atoms with Crippen molar-refractivity contribution >= 4 is 39.8 Å². The normalized spacial score (nSPS) is 16.9. The van der Waals surface area contributed by atoms with Crippen LogP contribution in [0.3, 0.4) is 0 Å². The number of guanidine groups is 1. The van der Waals surface area contributed by atoms with Gasteiger partial charge in [-0.1, -0.05) is 13.8 Å². The van der Waals surface area contributed by atoms with E-state index in [1.165, 1.54) is 6.26 Å². The van der Waals surface area contributed by atoms with Crippen LogP contribution >= 0.6 is 24.0 Å². The summed E-state index contributed by atoms with van der Waals surface area (Å²) < 4.78 is 28.2. The maximum Gasteiger partial charge on any atom is 0.193 e. The molecule has 0 aromatic heterocycles. The lowest BCUT2D eigenvalue weighted by atomic mass is 9.90. The molecule has 1 saturated heterocycles. The van der Waals surface area contributed by atoms with Crippen molar-refractivity contribution < 1.29 is 13.2 Å². The van der Waals surface area contributed by atoms with Crippen LogP contribution in [0.2, 0.25) is 0 Å². The molecule has 0 amide bonds. The number of nitrogens with one attached hydrogen (secondary N) is 1. The number of aliphatic imine (C=N–C) groups is 1. The highest BCUT2D eigenvalue weighted by atomic mass is 127. The maximum atomic E-state index is 11.4. The average Bonchev–Trinajstić information content (AvgIpc) is 2.55. The summed E-state index contributed by atoms with van der Waals surface area (Å²) in [4.78, 5) is 6.95. The molecule has 6 nitrogen and oxygen atoms in total. The molecule has 0 atom stereocenters. The third-order valence-electron chi connectivity index (χ3n) is 4.72. The van der Waals surface area contributed by atoms with Gasteiger partial charge in [0.2, 0.25) is 0 Å². The highest BCUT2D eigenvalue weighted by Gasteiger charge is 2.21. The molecule has 0 unspecified atom stereocenters. The fraction of sp³-hybridized carbons (Fsp3) is 0.944. The average molecular weight is 503 g/mol. The fourth-order valence-corrected chi connectivity index (χ4v) is 3.74. The van der Waals surface area contributed by atoms with E-state index in [2.05, 4.69) is 38.0 Å². The van der Waals surface area contributed by atoms with Crippen LogP contribution < -0.4 is 5.32 Å². The van der Waals surface area contributed by atoms with Gasteiger partial charge in [0.05, 0.1) is 5.75 Å². The maximum absolute atomic E-state index is 11.4. The Hall–Kier alpha value is -0.0900. The first-order valence-corrected chi connectivity index (χ1v) is 11.4. The molecule has 1 rings (SSSR count). The van der Waals surface area contributed by atoms with E-state index in [9.17, 15) is 8.42 Å². The van der Waals surface area contributed by atoms with Gasteiger partial charge in [-0.15, -0.1) is 24.0 Å². The summed E-state index contributed by atoms with van der Waals surface area (Å²) in [5.41, 5.74) is -0.134. The van der Waals surface area contributed by atoms with Gasteiger partial charge in [0, 0.05) is 46.2 Å². The van der Waals surface area contributed by atoms with E-state index in [1.807, 2.05) is 0 Å². The lowest BCUT2D eigenvalue weighted by Gasteiger charge is -2.28. The Bertz CT molecular complexity index is 518. The van der Waals surface area contributed by atoms with Crippen LogP contribution in [0.15, 0.2) is 4.99 Å². The highest BCUT2D eigenvalue weighted by Crippen LogP contribution is 2.22. The Morgan fingerprint density at radius 2 is 1.92 bits per heavy atom. The molecule has 1 aliphatic rings. The van der Waals surface area contributed by atoms with Crippen LogP contribution in [0.1, 0.15) is 46.5 Å². The zero-order valence-electron chi connectivity index (χ0n) is 17.1. The molecular weight excluding hydrogens is 465 g/mol. The molecule has 0 bridgehead atoms. The second-order valence-electron chi connectivity index (χ2n) is 7.98. The van der Waals surface area contributed by atoms with Crippen molar-refractivity contribution in [3.63, 3.8) is 0 Å². The largest absolute Gasteiger partial charge is 0.381 e. The third kappa shape index (κ3) is 11.6. The minimum Gasteiger partial charge on any atom is -0.381 e. The van der Waals surface area contributed by atoms with Crippen LogP contribution in [0, 0.1) is 11.3 Å². The number of nitrogens with zero attached hydrogens (tertiary/aromatic N) is 2. The Labute approximate surface area is 177 Å². The molecule has 156 valence electrons. The van der Waals surface area contributed by atoms with Crippen molar-refractivity contribution in [2.24, 2.45) is 16.3 Å². The molecular formula is C18H38IN3O3S. The fourth-order valence-electron chi connectivity index (χ4n) is 2.82. The monoisotopic (exact) mass is 503 g/mol. The molecule has 0 radical (unpaired) electrons. The summed E-state index contributed by atoms with van der Waals surface area (Å²) >= 11 is 0. The number of sulfone groups is 1. The van der Waals surface area contributed by atoms with Gasteiger partial charge in [-0.2, -0.15) is 0 Å². The van der Waals surface area contributed by atoms with E-state index in [0.29, 0.717) is 13.0 Å². The van der Waals surface area contributed by atoms with Gasteiger partial charge in [0.25, 0.3) is 0 Å². The van der Waals surface area contributed by atoms with Gasteiger partial charge in [-0.25, -0.2) is 8.42 Å². The van der Waals surface area contributed by atoms with Crippen molar-refractivity contribution in [1.82, 2.24) is 10.2 Å². The van der Waals surface area contributed by atoms with Crippen molar-refractivity contribution in [2.45, 2.75) is 46.5 Å². The second-order valence-corrected chi connectivity index (χ2v) is 10.2. The smallest absolute Gasteiger partial charge is 0.193 e. The van der Waals surface area contributed by atoms with Crippen molar-refractivity contribution in [3.05, 3.63) is 0 Å². The Morgan fingerprint density at radius 3 is 2.46 bits per heavy atom. The number of halogens is 1. The van der Waals surface area contributed by atoms with Gasteiger partial charge < -0.3 is 15.0 Å². The molecule has 1 fully saturated rings. The first kappa shape index (κ1) is 25.9. The van der Waals surface area contributed by atoms with E-state index < -0.39 is 9.84 Å². The van der Waals surface area contributed by atoms with Gasteiger partial charge in [-0.3, -0.25) is 4.99 Å².